The number of thiophene rings is 1. The summed E-state index contributed by atoms with van der Waals surface area (Å²) in [6.07, 6.45) is 1.73. The van der Waals surface area contributed by atoms with E-state index in [1.54, 1.807) is 29.5 Å². The summed E-state index contributed by atoms with van der Waals surface area (Å²) >= 11 is 1.58. The highest BCUT2D eigenvalue weighted by atomic mass is 32.1. The topological polar surface area (TPSA) is 64.4 Å². The Labute approximate surface area is 177 Å². The molecule has 0 aliphatic carbocycles. The van der Waals surface area contributed by atoms with E-state index >= 15 is 0 Å². The van der Waals surface area contributed by atoms with E-state index in [2.05, 4.69) is 5.10 Å². The van der Waals surface area contributed by atoms with E-state index in [0.29, 0.717) is 43.6 Å². The zero-order valence-electron chi connectivity index (χ0n) is 16.6. The molecule has 0 unspecified atom stereocenters. The summed E-state index contributed by atoms with van der Waals surface area (Å²) in [5.41, 5.74) is 0.897. The molecule has 156 valence electrons. The summed E-state index contributed by atoms with van der Waals surface area (Å²) in [6, 6.07) is 11.5. The molecule has 3 aromatic rings. The van der Waals surface area contributed by atoms with E-state index < -0.39 is 5.82 Å². The second-order valence-corrected chi connectivity index (χ2v) is 8.25. The predicted molar refractivity (Wildman–Crippen MR) is 113 cm³/mol. The molecule has 1 aliphatic heterocycles. The molecule has 6 nitrogen and oxygen atoms in total. The number of rotatable bonds is 5. The Kier molecular flexibility index (Phi) is 5.94. The summed E-state index contributed by atoms with van der Waals surface area (Å²) in [7, 11) is 1.41. The first-order chi connectivity index (χ1) is 14.5. The lowest BCUT2D eigenvalue weighted by Crippen LogP contribution is -2.41. The third-order valence-corrected chi connectivity index (χ3v) is 6.22. The number of hydrogen-bond acceptors (Lipinski definition) is 5. The fourth-order valence-corrected chi connectivity index (χ4v) is 4.40. The third kappa shape index (κ3) is 4.28. The lowest BCUT2D eigenvalue weighted by atomic mass is 10.0. The predicted octanol–water partition coefficient (Wildman–Crippen LogP) is 3.53. The second-order valence-electron chi connectivity index (χ2n) is 7.22. The molecule has 1 aromatic carbocycles. The quantitative estimate of drug-likeness (QED) is 0.625. The zero-order chi connectivity index (χ0) is 21.1. The van der Waals surface area contributed by atoms with Crippen LogP contribution in [0.3, 0.4) is 0 Å². The van der Waals surface area contributed by atoms with E-state index in [9.17, 15) is 14.0 Å². The summed E-state index contributed by atoms with van der Waals surface area (Å²) < 4.78 is 20.5. The van der Waals surface area contributed by atoms with Gasteiger partial charge in [0, 0.05) is 29.6 Å². The van der Waals surface area contributed by atoms with Gasteiger partial charge in [-0.3, -0.25) is 9.59 Å². The Hall–Kier alpha value is -3.00. The highest BCUT2D eigenvalue weighted by Crippen LogP contribution is 2.26. The van der Waals surface area contributed by atoms with Gasteiger partial charge in [0.1, 0.15) is 0 Å². The van der Waals surface area contributed by atoms with Gasteiger partial charge in [0.2, 0.25) is 5.91 Å². The van der Waals surface area contributed by atoms with Gasteiger partial charge in [-0.2, -0.15) is 5.10 Å². The van der Waals surface area contributed by atoms with Crippen LogP contribution in [0.15, 0.2) is 52.6 Å². The standard InChI is InChI=1S/C22H22FN3O3S/c1-29-20-6-4-15(13-18(20)23)19-5-7-21(27)26(24-19)16-8-10-25(11-9-16)22(28)14-17-3-2-12-30-17/h2-7,12-13,16H,8-11,14H2,1H3. The van der Waals surface area contributed by atoms with Gasteiger partial charge >= 0.3 is 0 Å². The zero-order valence-corrected chi connectivity index (χ0v) is 17.4. The first-order valence-electron chi connectivity index (χ1n) is 9.79. The van der Waals surface area contributed by atoms with E-state index in [1.165, 1.54) is 23.9 Å². The summed E-state index contributed by atoms with van der Waals surface area (Å²) in [5, 5.41) is 6.46. The van der Waals surface area contributed by atoms with Gasteiger partial charge in [0.25, 0.3) is 5.56 Å². The lowest BCUT2D eigenvalue weighted by molar-refractivity contribution is -0.131. The smallest absolute Gasteiger partial charge is 0.267 e. The minimum Gasteiger partial charge on any atom is -0.494 e. The van der Waals surface area contributed by atoms with Gasteiger partial charge in [0.05, 0.1) is 25.3 Å². The van der Waals surface area contributed by atoms with Crippen molar-refractivity contribution in [3.63, 3.8) is 0 Å². The van der Waals surface area contributed by atoms with E-state index in [4.69, 9.17) is 4.74 Å². The number of carbonyl (C=O) groups is 1. The van der Waals surface area contributed by atoms with Crippen LogP contribution in [0.5, 0.6) is 5.75 Å². The lowest BCUT2D eigenvalue weighted by Gasteiger charge is -2.32. The number of piperidine rings is 1. The van der Waals surface area contributed by atoms with Crippen molar-refractivity contribution < 1.29 is 13.9 Å². The van der Waals surface area contributed by atoms with Gasteiger partial charge < -0.3 is 9.64 Å². The molecule has 1 aliphatic rings. The van der Waals surface area contributed by atoms with Crippen LogP contribution >= 0.6 is 11.3 Å². The van der Waals surface area contributed by atoms with Crippen molar-refractivity contribution in [1.82, 2.24) is 14.7 Å². The van der Waals surface area contributed by atoms with Crippen molar-refractivity contribution in [2.75, 3.05) is 20.2 Å². The number of amides is 1. The Morgan fingerprint density at radius 3 is 2.70 bits per heavy atom. The molecule has 0 radical (unpaired) electrons. The van der Waals surface area contributed by atoms with Gasteiger partial charge in [-0.25, -0.2) is 9.07 Å². The minimum atomic E-state index is -0.480. The van der Waals surface area contributed by atoms with Crippen molar-refractivity contribution in [2.24, 2.45) is 0 Å². The van der Waals surface area contributed by atoms with Crippen molar-refractivity contribution in [2.45, 2.75) is 25.3 Å². The van der Waals surface area contributed by atoms with Gasteiger partial charge in [-0.1, -0.05) is 6.07 Å². The Bertz CT molecular complexity index is 1090. The average molecular weight is 428 g/mol. The normalized spacial score (nSPS) is 14.7. The molecule has 0 atom stereocenters. The number of nitrogens with zero attached hydrogens (tertiary/aromatic N) is 3. The maximum absolute atomic E-state index is 14.1. The fraction of sp³-hybridized carbons (Fsp3) is 0.318. The number of ether oxygens (including phenoxy) is 1. The van der Waals surface area contributed by atoms with Crippen molar-refractivity contribution in [3.8, 4) is 17.0 Å². The van der Waals surface area contributed by atoms with Crippen LogP contribution in [0.4, 0.5) is 4.39 Å². The highest BCUT2D eigenvalue weighted by molar-refractivity contribution is 7.10. The molecular formula is C22H22FN3O3S. The number of likely N-dealkylation sites (tertiary alicyclic amines) is 1. The third-order valence-electron chi connectivity index (χ3n) is 5.34. The van der Waals surface area contributed by atoms with Crippen LogP contribution in [0.1, 0.15) is 23.8 Å². The molecule has 0 bridgehead atoms. The molecule has 4 rings (SSSR count). The average Bonchev–Trinajstić information content (AvgIpc) is 3.27. The molecule has 1 fully saturated rings. The van der Waals surface area contributed by atoms with Gasteiger partial charge in [-0.15, -0.1) is 11.3 Å². The summed E-state index contributed by atoms with van der Waals surface area (Å²) in [5.74, 6) is -0.211. The van der Waals surface area contributed by atoms with Gasteiger partial charge in [-0.05, 0) is 48.6 Å². The molecule has 3 heterocycles. The fourth-order valence-electron chi connectivity index (χ4n) is 3.70. The van der Waals surface area contributed by atoms with Gasteiger partial charge in [0.15, 0.2) is 11.6 Å². The summed E-state index contributed by atoms with van der Waals surface area (Å²) in [4.78, 5) is 27.8. The number of benzene rings is 1. The van der Waals surface area contributed by atoms with E-state index in [-0.39, 0.29) is 23.3 Å². The molecule has 0 saturated carbocycles. The maximum Gasteiger partial charge on any atom is 0.267 e. The van der Waals surface area contributed by atoms with Crippen molar-refractivity contribution >= 4 is 17.2 Å². The molecular weight excluding hydrogens is 405 g/mol. The van der Waals surface area contributed by atoms with Crippen molar-refractivity contribution in [1.29, 1.82) is 0 Å². The molecule has 2 aromatic heterocycles. The minimum absolute atomic E-state index is 0.0914. The van der Waals surface area contributed by atoms with Crippen LogP contribution in [0.2, 0.25) is 0 Å². The number of halogens is 1. The molecule has 1 saturated heterocycles. The first kappa shape index (κ1) is 20.3. The monoisotopic (exact) mass is 427 g/mol. The van der Waals surface area contributed by atoms with E-state index in [0.717, 1.165) is 4.88 Å². The Morgan fingerprint density at radius 2 is 2.03 bits per heavy atom. The Balaban J connectivity index is 1.47. The number of methoxy groups -OCH3 is 1. The largest absolute Gasteiger partial charge is 0.494 e. The van der Waals surface area contributed by atoms with Crippen LogP contribution in [-0.2, 0) is 11.2 Å². The highest BCUT2D eigenvalue weighted by Gasteiger charge is 2.25. The van der Waals surface area contributed by atoms with Crippen LogP contribution in [0, 0.1) is 5.82 Å². The number of carbonyl (C=O) groups excluding carboxylic acids is 1. The summed E-state index contributed by atoms with van der Waals surface area (Å²) in [6.45, 7) is 1.18. The van der Waals surface area contributed by atoms with Crippen LogP contribution < -0.4 is 10.3 Å². The molecule has 8 heteroatoms. The number of aromatic nitrogens is 2. The molecule has 30 heavy (non-hydrogen) atoms. The SMILES string of the molecule is COc1ccc(-c2ccc(=O)n(C3CCN(C(=O)Cc4cccs4)CC3)n2)cc1F. The first-order valence-corrected chi connectivity index (χ1v) is 10.7. The molecule has 0 N–H and O–H groups in total. The van der Waals surface area contributed by atoms with Crippen LogP contribution in [0.25, 0.3) is 11.3 Å². The van der Waals surface area contributed by atoms with Crippen molar-refractivity contribution in [3.05, 3.63) is 68.9 Å². The number of hydrogen-bond donors (Lipinski definition) is 0. The molecule has 1 amide bonds. The maximum atomic E-state index is 14.1. The van der Waals surface area contributed by atoms with Crippen LogP contribution in [-0.4, -0.2) is 40.8 Å². The van der Waals surface area contributed by atoms with E-state index in [1.807, 2.05) is 22.4 Å². The Morgan fingerprint density at radius 1 is 1.23 bits per heavy atom. The molecule has 0 spiro atoms. The second kappa shape index (κ2) is 8.79.